The number of para-hydroxylation sites is 1. The lowest BCUT2D eigenvalue weighted by atomic mass is 10.1. The van der Waals surface area contributed by atoms with Gasteiger partial charge in [0.2, 0.25) is 0 Å². The van der Waals surface area contributed by atoms with Crippen LogP contribution in [0.15, 0.2) is 29.8 Å². The van der Waals surface area contributed by atoms with Crippen molar-refractivity contribution in [1.82, 2.24) is 4.98 Å². The highest BCUT2D eigenvalue weighted by Crippen LogP contribution is 2.23. The Morgan fingerprint density at radius 3 is 2.78 bits per heavy atom. The van der Waals surface area contributed by atoms with Crippen LogP contribution in [0.5, 0.6) is 0 Å². The van der Waals surface area contributed by atoms with Crippen molar-refractivity contribution in [2.45, 2.75) is 13.5 Å². The molecule has 0 unspecified atom stereocenters. The van der Waals surface area contributed by atoms with Gasteiger partial charge in [0.1, 0.15) is 0 Å². The van der Waals surface area contributed by atoms with E-state index in [1.165, 1.54) is 0 Å². The molecule has 0 spiro atoms. The van der Waals surface area contributed by atoms with Crippen LogP contribution in [0.2, 0.25) is 0 Å². The van der Waals surface area contributed by atoms with E-state index in [2.05, 4.69) is 4.98 Å². The van der Waals surface area contributed by atoms with Crippen LogP contribution in [0.3, 0.4) is 0 Å². The van der Waals surface area contributed by atoms with E-state index < -0.39 is 5.97 Å². The number of hydrogen-bond donors (Lipinski definition) is 1. The standard InChI is InChI=1S/C13H14N2O2S/c1-9-12(18-8-14-9)7-15(2)11-6-4-3-5-10(11)13(16)17/h3-6,8H,7H2,1-2H3,(H,16,17). The zero-order valence-corrected chi connectivity index (χ0v) is 11.1. The predicted octanol–water partition coefficient (Wildman–Crippen LogP) is 2.79. The van der Waals surface area contributed by atoms with Crippen LogP contribution < -0.4 is 4.90 Å². The van der Waals surface area contributed by atoms with Gasteiger partial charge in [-0.25, -0.2) is 9.78 Å². The van der Waals surface area contributed by atoms with Gasteiger partial charge >= 0.3 is 5.97 Å². The third-order valence-electron chi connectivity index (χ3n) is 2.77. The Morgan fingerprint density at radius 1 is 1.44 bits per heavy atom. The maximum absolute atomic E-state index is 11.2. The van der Waals surface area contributed by atoms with E-state index in [9.17, 15) is 4.79 Å². The quantitative estimate of drug-likeness (QED) is 0.920. The van der Waals surface area contributed by atoms with Crippen LogP contribution in [0.1, 0.15) is 20.9 Å². The van der Waals surface area contributed by atoms with Crippen LogP contribution in [0.25, 0.3) is 0 Å². The SMILES string of the molecule is Cc1ncsc1CN(C)c1ccccc1C(=O)O. The van der Waals surface area contributed by atoms with Gasteiger partial charge in [0, 0.05) is 11.9 Å². The summed E-state index contributed by atoms with van der Waals surface area (Å²) < 4.78 is 0. The first-order chi connectivity index (χ1) is 8.59. The number of aromatic carboxylic acids is 1. The van der Waals surface area contributed by atoms with Gasteiger partial charge < -0.3 is 10.0 Å². The number of carboxylic acids is 1. The number of hydrogen-bond acceptors (Lipinski definition) is 4. The Labute approximate surface area is 110 Å². The fraction of sp³-hybridized carbons (Fsp3) is 0.231. The number of rotatable bonds is 4. The molecule has 5 heteroatoms. The largest absolute Gasteiger partial charge is 0.478 e. The van der Waals surface area contributed by atoms with Gasteiger partial charge in [0.05, 0.1) is 29.0 Å². The maximum Gasteiger partial charge on any atom is 0.337 e. The van der Waals surface area contributed by atoms with Crippen LogP contribution >= 0.6 is 11.3 Å². The number of carbonyl (C=O) groups is 1. The smallest absolute Gasteiger partial charge is 0.337 e. The normalized spacial score (nSPS) is 10.3. The molecule has 0 saturated heterocycles. The molecule has 0 atom stereocenters. The van der Waals surface area contributed by atoms with Crippen molar-refractivity contribution in [3.8, 4) is 0 Å². The lowest BCUT2D eigenvalue weighted by Crippen LogP contribution is -2.19. The van der Waals surface area contributed by atoms with E-state index in [1.54, 1.807) is 23.5 Å². The Morgan fingerprint density at radius 2 is 2.17 bits per heavy atom. The lowest BCUT2D eigenvalue weighted by Gasteiger charge is -2.20. The average Bonchev–Trinajstić information content (AvgIpc) is 2.75. The molecule has 0 aliphatic heterocycles. The summed E-state index contributed by atoms with van der Waals surface area (Å²) in [5, 5.41) is 9.16. The van der Waals surface area contributed by atoms with Crippen molar-refractivity contribution in [3.63, 3.8) is 0 Å². The molecule has 0 aliphatic carbocycles. The van der Waals surface area contributed by atoms with Crippen LogP contribution in [0, 0.1) is 6.92 Å². The zero-order chi connectivity index (χ0) is 13.1. The van der Waals surface area contributed by atoms with Gasteiger partial charge in [-0.3, -0.25) is 0 Å². The zero-order valence-electron chi connectivity index (χ0n) is 10.3. The molecule has 4 nitrogen and oxygen atoms in total. The number of thiazole rings is 1. The first-order valence-electron chi connectivity index (χ1n) is 5.52. The lowest BCUT2D eigenvalue weighted by molar-refractivity contribution is 0.0697. The number of nitrogens with zero attached hydrogens (tertiary/aromatic N) is 2. The summed E-state index contributed by atoms with van der Waals surface area (Å²) in [6.45, 7) is 2.63. The van der Waals surface area contributed by atoms with Crippen molar-refractivity contribution in [2.24, 2.45) is 0 Å². The fourth-order valence-corrected chi connectivity index (χ4v) is 2.60. The van der Waals surface area contributed by atoms with Gasteiger partial charge in [-0.15, -0.1) is 11.3 Å². The number of benzene rings is 1. The molecule has 1 aromatic heterocycles. The monoisotopic (exact) mass is 262 g/mol. The maximum atomic E-state index is 11.2. The van der Waals surface area contributed by atoms with Gasteiger partial charge in [-0.05, 0) is 19.1 Å². The third kappa shape index (κ3) is 2.51. The Bertz CT molecular complexity index is 566. The minimum atomic E-state index is -0.904. The van der Waals surface area contributed by atoms with Crippen molar-refractivity contribution >= 4 is 23.0 Å². The molecule has 0 saturated carbocycles. The highest BCUT2D eigenvalue weighted by atomic mass is 32.1. The molecule has 1 heterocycles. The predicted molar refractivity (Wildman–Crippen MR) is 72.4 cm³/mol. The summed E-state index contributed by atoms with van der Waals surface area (Å²) in [7, 11) is 1.89. The van der Waals surface area contributed by atoms with Crippen LogP contribution in [0.4, 0.5) is 5.69 Å². The summed E-state index contributed by atoms with van der Waals surface area (Å²) in [6, 6.07) is 7.02. The molecule has 2 rings (SSSR count). The Balaban J connectivity index is 2.26. The fourth-order valence-electron chi connectivity index (χ4n) is 1.77. The van der Waals surface area contributed by atoms with Gasteiger partial charge in [-0.1, -0.05) is 12.1 Å². The van der Waals surface area contributed by atoms with E-state index in [4.69, 9.17) is 5.11 Å². The topological polar surface area (TPSA) is 53.4 Å². The van der Waals surface area contributed by atoms with Crippen molar-refractivity contribution in [2.75, 3.05) is 11.9 Å². The first-order valence-corrected chi connectivity index (χ1v) is 6.40. The molecule has 0 fully saturated rings. The molecule has 0 amide bonds. The van der Waals surface area contributed by atoms with E-state index in [0.717, 1.165) is 16.3 Å². The second kappa shape index (κ2) is 5.18. The molecule has 0 radical (unpaired) electrons. The molecule has 0 bridgehead atoms. The molecule has 1 N–H and O–H groups in total. The highest BCUT2D eigenvalue weighted by molar-refractivity contribution is 7.09. The molecular weight excluding hydrogens is 248 g/mol. The Hall–Kier alpha value is -1.88. The van der Waals surface area contributed by atoms with Crippen LogP contribution in [-0.4, -0.2) is 23.1 Å². The summed E-state index contributed by atoms with van der Waals surface area (Å²) in [5.74, 6) is -0.904. The second-order valence-electron chi connectivity index (χ2n) is 4.04. The first kappa shape index (κ1) is 12.6. The van der Waals surface area contributed by atoms with Crippen LogP contribution in [-0.2, 0) is 6.54 Å². The highest BCUT2D eigenvalue weighted by Gasteiger charge is 2.14. The number of anilines is 1. The van der Waals surface area contributed by atoms with Gasteiger partial charge in [-0.2, -0.15) is 0 Å². The molecular formula is C13H14N2O2S. The van der Waals surface area contributed by atoms with Crippen molar-refractivity contribution in [1.29, 1.82) is 0 Å². The minimum Gasteiger partial charge on any atom is -0.478 e. The van der Waals surface area contributed by atoms with Gasteiger partial charge in [0.15, 0.2) is 0 Å². The average molecular weight is 262 g/mol. The summed E-state index contributed by atoms with van der Waals surface area (Å²) >= 11 is 1.59. The number of aromatic nitrogens is 1. The van der Waals surface area contributed by atoms with E-state index in [1.807, 2.05) is 36.5 Å². The van der Waals surface area contributed by atoms with E-state index in [0.29, 0.717) is 12.1 Å². The molecule has 1 aromatic carbocycles. The summed E-state index contributed by atoms with van der Waals surface area (Å²) in [4.78, 5) is 18.4. The molecule has 0 aliphatic rings. The number of aryl methyl sites for hydroxylation is 1. The summed E-state index contributed by atoms with van der Waals surface area (Å²) in [5.41, 5.74) is 3.85. The third-order valence-corrected chi connectivity index (χ3v) is 3.69. The molecule has 2 aromatic rings. The molecule has 94 valence electrons. The van der Waals surface area contributed by atoms with Gasteiger partial charge in [0.25, 0.3) is 0 Å². The van der Waals surface area contributed by atoms with Crippen molar-refractivity contribution in [3.05, 3.63) is 45.9 Å². The minimum absolute atomic E-state index is 0.321. The number of carboxylic acid groups (broad SMARTS) is 1. The summed E-state index contributed by atoms with van der Waals surface area (Å²) in [6.07, 6.45) is 0. The van der Waals surface area contributed by atoms with E-state index >= 15 is 0 Å². The Kier molecular flexibility index (Phi) is 3.62. The van der Waals surface area contributed by atoms with Crippen molar-refractivity contribution < 1.29 is 9.90 Å². The second-order valence-corrected chi connectivity index (χ2v) is 4.98. The molecule has 18 heavy (non-hydrogen) atoms. The van der Waals surface area contributed by atoms with E-state index in [-0.39, 0.29) is 0 Å².